The zero-order valence-electron chi connectivity index (χ0n) is 13.4. The summed E-state index contributed by atoms with van der Waals surface area (Å²) >= 11 is 3.26. The highest BCUT2D eigenvalue weighted by molar-refractivity contribution is 9.10. The molecular formula is C20H13BrF2O2S. The van der Waals surface area contributed by atoms with E-state index in [0.717, 1.165) is 6.07 Å². The van der Waals surface area contributed by atoms with Crippen molar-refractivity contribution in [3.63, 3.8) is 0 Å². The zero-order chi connectivity index (χ0) is 18.7. The first-order valence-corrected chi connectivity index (χ1v) is 9.88. The van der Waals surface area contributed by atoms with Crippen LogP contribution in [-0.4, -0.2) is 8.42 Å². The fraction of sp³-hybridized carbons (Fsp3) is 0. The van der Waals surface area contributed by atoms with Crippen molar-refractivity contribution in [1.82, 2.24) is 0 Å². The first-order valence-electron chi connectivity index (χ1n) is 7.60. The van der Waals surface area contributed by atoms with Gasteiger partial charge in [-0.05, 0) is 48.0 Å². The van der Waals surface area contributed by atoms with Gasteiger partial charge in [0.05, 0.1) is 9.79 Å². The summed E-state index contributed by atoms with van der Waals surface area (Å²) in [4.78, 5) is 0.365. The highest BCUT2D eigenvalue weighted by Gasteiger charge is 2.17. The Morgan fingerprint density at radius 2 is 1.54 bits per heavy atom. The largest absolute Gasteiger partial charge is 0.219 e. The molecule has 0 aromatic heterocycles. The van der Waals surface area contributed by atoms with Gasteiger partial charge in [0.1, 0.15) is 11.6 Å². The lowest BCUT2D eigenvalue weighted by Crippen LogP contribution is -2.01. The standard InChI is InChI=1S/C20H13BrF2O2S/c21-16-2-1-3-19(12-16)26(24,25)18-10-5-14(6-11-18)4-7-15-8-9-17(22)13-20(15)23/h1-13H. The third-order valence-electron chi connectivity index (χ3n) is 3.71. The quantitative estimate of drug-likeness (QED) is 0.491. The van der Waals surface area contributed by atoms with Crippen LogP contribution in [-0.2, 0) is 9.84 Å². The molecule has 3 aromatic carbocycles. The van der Waals surface area contributed by atoms with Gasteiger partial charge in [-0.25, -0.2) is 17.2 Å². The van der Waals surface area contributed by atoms with Crippen molar-refractivity contribution < 1.29 is 17.2 Å². The highest BCUT2D eigenvalue weighted by Crippen LogP contribution is 2.24. The SMILES string of the molecule is O=S(=O)(c1ccc(C=Cc2ccc(F)cc2F)cc1)c1cccc(Br)c1. The van der Waals surface area contributed by atoms with E-state index in [1.165, 1.54) is 36.4 Å². The van der Waals surface area contributed by atoms with Gasteiger partial charge >= 0.3 is 0 Å². The Kier molecular flexibility index (Phi) is 5.34. The maximum atomic E-state index is 13.6. The van der Waals surface area contributed by atoms with E-state index in [1.54, 1.807) is 36.4 Å². The minimum atomic E-state index is -3.61. The summed E-state index contributed by atoms with van der Waals surface area (Å²) in [5, 5.41) is 0. The molecule has 0 aliphatic carbocycles. The van der Waals surface area contributed by atoms with Gasteiger partial charge in [-0.3, -0.25) is 0 Å². The zero-order valence-corrected chi connectivity index (χ0v) is 15.8. The van der Waals surface area contributed by atoms with Gasteiger partial charge in [-0.1, -0.05) is 46.3 Å². The molecule has 2 nitrogen and oxygen atoms in total. The van der Waals surface area contributed by atoms with Crippen LogP contribution in [0.3, 0.4) is 0 Å². The molecule has 0 spiro atoms. The van der Waals surface area contributed by atoms with Crippen LogP contribution in [0.2, 0.25) is 0 Å². The monoisotopic (exact) mass is 434 g/mol. The number of sulfone groups is 1. The number of benzene rings is 3. The predicted octanol–water partition coefficient (Wildman–Crippen LogP) is 5.73. The molecule has 6 heteroatoms. The molecule has 0 unspecified atom stereocenters. The van der Waals surface area contributed by atoms with Crippen LogP contribution < -0.4 is 0 Å². The van der Waals surface area contributed by atoms with Gasteiger partial charge in [0.15, 0.2) is 0 Å². The molecule has 0 saturated heterocycles. The Hall–Kier alpha value is -2.31. The van der Waals surface area contributed by atoms with E-state index in [0.29, 0.717) is 10.0 Å². The molecule has 0 radical (unpaired) electrons. The predicted molar refractivity (Wildman–Crippen MR) is 101 cm³/mol. The molecule has 0 fully saturated rings. The summed E-state index contributed by atoms with van der Waals surface area (Å²) in [5.74, 6) is -1.29. The summed E-state index contributed by atoms with van der Waals surface area (Å²) in [7, 11) is -3.61. The Balaban J connectivity index is 1.85. The summed E-state index contributed by atoms with van der Waals surface area (Å²) in [6, 6.07) is 16.1. The second-order valence-corrected chi connectivity index (χ2v) is 8.39. The Morgan fingerprint density at radius 1 is 0.808 bits per heavy atom. The Morgan fingerprint density at radius 3 is 2.19 bits per heavy atom. The minimum absolute atomic E-state index is 0.167. The van der Waals surface area contributed by atoms with E-state index < -0.39 is 21.5 Å². The second-order valence-electron chi connectivity index (χ2n) is 5.53. The lowest BCUT2D eigenvalue weighted by atomic mass is 10.1. The molecular weight excluding hydrogens is 422 g/mol. The van der Waals surface area contributed by atoms with Crippen molar-refractivity contribution in [2.24, 2.45) is 0 Å². The van der Waals surface area contributed by atoms with Crippen LogP contribution in [0.1, 0.15) is 11.1 Å². The molecule has 3 rings (SSSR count). The number of halogens is 3. The Bertz CT molecular complexity index is 1080. The van der Waals surface area contributed by atoms with E-state index >= 15 is 0 Å². The van der Waals surface area contributed by atoms with E-state index in [4.69, 9.17) is 0 Å². The van der Waals surface area contributed by atoms with Crippen molar-refractivity contribution in [2.75, 3.05) is 0 Å². The normalized spacial score (nSPS) is 11.8. The van der Waals surface area contributed by atoms with Gasteiger partial charge in [0.2, 0.25) is 9.84 Å². The van der Waals surface area contributed by atoms with Crippen molar-refractivity contribution in [1.29, 1.82) is 0 Å². The molecule has 26 heavy (non-hydrogen) atoms. The van der Waals surface area contributed by atoms with E-state index in [9.17, 15) is 17.2 Å². The van der Waals surface area contributed by atoms with Crippen molar-refractivity contribution in [2.45, 2.75) is 9.79 Å². The lowest BCUT2D eigenvalue weighted by Gasteiger charge is -2.05. The smallest absolute Gasteiger partial charge is 0.206 e. The van der Waals surface area contributed by atoms with Gasteiger partial charge in [0.25, 0.3) is 0 Å². The maximum Gasteiger partial charge on any atom is 0.206 e. The van der Waals surface area contributed by atoms with Gasteiger partial charge < -0.3 is 0 Å². The average molecular weight is 435 g/mol. The summed E-state index contributed by atoms with van der Waals surface area (Å²) in [6.45, 7) is 0. The van der Waals surface area contributed by atoms with E-state index in [-0.39, 0.29) is 15.4 Å². The van der Waals surface area contributed by atoms with Gasteiger partial charge in [-0.2, -0.15) is 0 Å². The van der Waals surface area contributed by atoms with Crippen LogP contribution in [0.15, 0.2) is 81.0 Å². The summed E-state index contributed by atoms with van der Waals surface area (Å²) in [6.07, 6.45) is 3.14. The van der Waals surface area contributed by atoms with Gasteiger partial charge in [-0.15, -0.1) is 0 Å². The van der Waals surface area contributed by atoms with Crippen molar-refractivity contribution in [3.8, 4) is 0 Å². The molecule has 0 amide bonds. The first-order chi connectivity index (χ1) is 12.4. The summed E-state index contributed by atoms with van der Waals surface area (Å²) < 4.78 is 52.5. The molecule has 0 bridgehead atoms. The van der Waals surface area contributed by atoms with E-state index in [1.807, 2.05) is 0 Å². The Labute approximate surface area is 158 Å². The van der Waals surface area contributed by atoms with Crippen LogP contribution in [0.5, 0.6) is 0 Å². The van der Waals surface area contributed by atoms with Crippen LogP contribution in [0.25, 0.3) is 12.2 Å². The molecule has 0 saturated carbocycles. The third-order valence-corrected chi connectivity index (χ3v) is 5.98. The van der Waals surface area contributed by atoms with Crippen molar-refractivity contribution >= 4 is 37.9 Å². The molecule has 0 heterocycles. The van der Waals surface area contributed by atoms with E-state index in [2.05, 4.69) is 15.9 Å². The first kappa shape index (κ1) is 18.5. The third kappa shape index (κ3) is 4.08. The maximum absolute atomic E-state index is 13.6. The van der Waals surface area contributed by atoms with Crippen LogP contribution >= 0.6 is 15.9 Å². The number of rotatable bonds is 4. The fourth-order valence-electron chi connectivity index (χ4n) is 2.35. The molecule has 0 atom stereocenters. The minimum Gasteiger partial charge on any atom is -0.219 e. The molecule has 3 aromatic rings. The molecule has 132 valence electrons. The van der Waals surface area contributed by atoms with Crippen molar-refractivity contribution in [3.05, 3.63) is 94.0 Å². The fourth-order valence-corrected chi connectivity index (χ4v) is 4.21. The van der Waals surface area contributed by atoms with Crippen LogP contribution in [0, 0.1) is 11.6 Å². The summed E-state index contributed by atoms with van der Waals surface area (Å²) in [5.41, 5.74) is 0.944. The molecule has 0 aliphatic heterocycles. The lowest BCUT2D eigenvalue weighted by molar-refractivity contribution is 0.581. The molecule has 0 N–H and O–H groups in total. The molecule has 0 aliphatic rings. The second kappa shape index (κ2) is 7.51. The topological polar surface area (TPSA) is 34.1 Å². The van der Waals surface area contributed by atoms with Gasteiger partial charge in [0, 0.05) is 16.1 Å². The highest BCUT2D eigenvalue weighted by atomic mass is 79.9. The number of hydrogen-bond acceptors (Lipinski definition) is 2. The average Bonchev–Trinajstić information content (AvgIpc) is 2.61. The van der Waals surface area contributed by atoms with Crippen LogP contribution in [0.4, 0.5) is 8.78 Å². The number of hydrogen-bond donors (Lipinski definition) is 0.